The Bertz CT molecular complexity index is 1790. The molecule has 7 nitrogen and oxygen atoms in total. The number of benzene rings is 3. The second-order valence-electron chi connectivity index (χ2n) is 11.6. The molecule has 1 fully saturated rings. The number of fused-ring (bicyclic) bond motifs is 7. The highest BCUT2D eigenvalue weighted by atomic mass is 35.5. The summed E-state index contributed by atoms with van der Waals surface area (Å²) in [6.07, 6.45) is 3.66. The molecule has 0 radical (unpaired) electrons. The molecule has 7 rings (SSSR count). The fourth-order valence-electron chi connectivity index (χ4n) is 7.86. The van der Waals surface area contributed by atoms with Crippen LogP contribution in [0.5, 0.6) is 0 Å². The molecule has 0 aliphatic carbocycles. The van der Waals surface area contributed by atoms with Gasteiger partial charge in [-0.1, -0.05) is 68.6 Å². The smallest absolute Gasteiger partial charge is 0.337 e. The number of rotatable bonds is 6. The van der Waals surface area contributed by atoms with Gasteiger partial charge in [0.05, 0.1) is 28.7 Å². The van der Waals surface area contributed by atoms with Gasteiger partial charge in [-0.05, 0) is 61.3 Å². The predicted molar refractivity (Wildman–Crippen MR) is 171 cm³/mol. The maximum Gasteiger partial charge on any atom is 0.337 e. The Morgan fingerprint density at radius 3 is 2.75 bits per heavy atom. The number of carbonyl (C=O) groups excluding carboxylic acids is 2. The van der Waals surface area contributed by atoms with E-state index in [1.807, 2.05) is 12.1 Å². The van der Waals surface area contributed by atoms with Crippen LogP contribution in [0.3, 0.4) is 0 Å². The van der Waals surface area contributed by atoms with E-state index >= 15 is 4.39 Å². The van der Waals surface area contributed by atoms with Crippen molar-refractivity contribution in [2.75, 3.05) is 19.0 Å². The number of likely N-dealkylation sites (tertiary alicyclic amines) is 1. The number of aromatic nitrogens is 2. The maximum absolute atomic E-state index is 16.2. The third-order valence-corrected chi connectivity index (χ3v) is 10.1. The maximum atomic E-state index is 16.2. The normalized spacial score (nSPS) is 23.7. The summed E-state index contributed by atoms with van der Waals surface area (Å²) in [5, 5.41) is 3.63. The molecule has 3 aliphatic heterocycles. The summed E-state index contributed by atoms with van der Waals surface area (Å²) in [6.45, 7) is 3.48. The second-order valence-corrected chi connectivity index (χ2v) is 12.5. The molecule has 3 aromatic carbocycles. The second kappa shape index (κ2) is 11.5. The Kier molecular flexibility index (Phi) is 7.97. The van der Waals surface area contributed by atoms with Gasteiger partial charge in [-0.3, -0.25) is 9.69 Å². The van der Waals surface area contributed by atoms with Crippen LogP contribution in [0, 0.1) is 5.82 Å². The van der Waals surface area contributed by atoms with Crippen molar-refractivity contribution in [3.05, 3.63) is 93.0 Å². The summed E-state index contributed by atoms with van der Waals surface area (Å²) >= 11 is 12.8. The molecule has 0 saturated carbocycles. The quantitative estimate of drug-likeness (QED) is 0.172. The van der Waals surface area contributed by atoms with Crippen molar-refractivity contribution in [3.8, 4) is 0 Å². The minimum Gasteiger partial charge on any atom is -0.465 e. The van der Waals surface area contributed by atoms with E-state index in [-0.39, 0.29) is 30.3 Å². The molecule has 1 saturated heterocycles. The van der Waals surface area contributed by atoms with Crippen molar-refractivity contribution in [2.45, 2.75) is 70.0 Å². The monoisotopic (exact) mass is 636 g/mol. The fraction of sp³-hybridized carbons (Fsp3) is 0.382. The van der Waals surface area contributed by atoms with Crippen molar-refractivity contribution in [3.63, 3.8) is 0 Å². The van der Waals surface area contributed by atoms with Crippen molar-refractivity contribution < 1.29 is 18.7 Å². The van der Waals surface area contributed by atoms with Crippen LogP contribution >= 0.6 is 23.2 Å². The highest BCUT2D eigenvalue weighted by molar-refractivity contribution is 6.31. The van der Waals surface area contributed by atoms with Crippen molar-refractivity contribution in [1.29, 1.82) is 0 Å². The molecular formula is C34H35Cl2FN4O3. The minimum atomic E-state index is -1.21. The number of imidazole rings is 1. The van der Waals surface area contributed by atoms with Crippen LogP contribution in [0.2, 0.25) is 10.0 Å². The molecule has 4 aromatic rings. The van der Waals surface area contributed by atoms with Crippen LogP contribution < -0.4 is 5.32 Å². The van der Waals surface area contributed by atoms with Gasteiger partial charge in [0.1, 0.15) is 17.2 Å². The Labute approximate surface area is 266 Å². The standard InChI is InChI=1S/C33H31Cl2FN4O3.CH4/c1-3-4-5-14-40-26-13-15-39-25-12-9-18(31(41)43-2)16-24(25)37-30(39)27(26)28(20-7-6-8-22(35)29(20)36)33(40)21-11-10-19(34)17-23(21)38-32(33)42;/h6-12,16-17,26-28H,3-5,13-15H2,1-2H3,(H,38,42);1H4/t26-,27+,28-,33+;/m0./s1. The lowest BCUT2D eigenvalue weighted by molar-refractivity contribution is -0.128. The van der Waals surface area contributed by atoms with E-state index in [4.69, 9.17) is 32.9 Å². The number of nitrogens with one attached hydrogen (secondary N) is 1. The number of esters is 1. The largest absolute Gasteiger partial charge is 0.465 e. The van der Waals surface area contributed by atoms with Gasteiger partial charge in [-0.25, -0.2) is 14.2 Å². The van der Waals surface area contributed by atoms with E-state index < -0.39 is 23.2 Å². The van der Waals surface area contributed by atoms with Gasteiger partial charge < -0.3 is 14.6 Å². The van der Waals surface area contributed by atoms with Crippen LogP contribution in [0.4, 0.5) is 10.1 Å². The molecule has 1 aromatic heterocycles. The molecular weight excluding hydrogens is 602 g/mol. The summed E-state index contributed by atoms with van der Waals surface area (Å²) in [4.78, 5) is 34.3. The van der Waals surface area contributed by atoms with Crippen molar-refractivity contribution in [2.24, 2.45) is 0 Å². The number of carbonyl (C=O) groups is 2. The van der Waals surface area contributed by atoms with Gasteiger partial charge in [0.2, 0.25) is 5.91 Å². The summed E-state index contributed by atoms with van der Waals surface area (Å²) in [7, 11) is 1.35. The van der Waals surface area contributed by atoms with Crippen LogP contribution in [0.15, 0.2) is 54.6 Å². The summed E-state index contributed by atoms with van der Waals surface area (Å²) in [5.41, 5.74) is 2.55. The van der Waals surface area contributed by atoms with Gasteiger partial charge in [-0.2, -0.15) is 0 Å². The number of ether oxygens (including phenoxy) is 1. The molecule has 4 heterocycles. The van der Waals surface area contributed by atoms with Gasteiger partial charge in [-0.15, -0.1) is 0 Å². The van der Waals surface area contributed by atoms with Crippen molar-refractivity contribution in [1.82, 2.24) is 14.5 Å². The average molecular weight is 638 g/mol. The predicted octanol–water partition coefficient (Wildman–Crippen LogP) is 7.90. The first-order valence-corrected chi connectivity index (χ1v) is 15.5. The Morgan fingerprint density at radius 2 is 1.98 bits per heavy atom. The first-order valence-electron chi connectivity index (χ1n) is 14.7. The molecule has 0 bridgehead atoms. The number of halogens is 3. The topological polar surface area (TPSA) is 76.5 Å². The van der Waals surface area contributed by atoms with Gasteiger partial charge in [0, 0.05) is 40.7 Å². The Morgan fingerprint density at radius 1 is 1.16 bits per heavy atom. The zero-order chi connectivity index (χ0) is 30.0. The lowest BCUT2D eigenvalue weighted by Gasteiger charge is -2.40. The fourth-order valence-corrected chi connectivity index (χ4v) is 8.21. The Hall–Kier alpha value is -3.46. The van der Waals surface area contributed by atoms with E-state index in [0.29, 0.717) is 40.4 Å². The lowest BCUT2D eigenvalue weighted by Crippen LogP contribution is -2.52. The van der Waals surface area contributed by atoms with Crippen LogP contribution in [0.1, 0.15) is 79.2 Å². The number of methoxy groups -OCH3 is 1. The average Bonchev–Trinajstić information content (AvgIpc) is 3.61. The molecule has 1 spiro atoms. The van der Waals surface area contributed by atoms with Crippen LogP contribution in [0.25, 0.3) is 11.0 Å². The number of anilines is 1. The molecule has 230 valence electrons. The highest BCUT2D eigenvalue weighted by Crippen LogP contribution is 2.64. The number of amides is 1. The molecule has 10 heteroatoms. The highest BCUT2D eigenvalue weighted by Gasteiger charge is 2.68. The first-order chi connectivity index (χ1) is 20.8. The zero-order valence-corrected chi connectivity index (χ0v) is 25.4. The molecule has 4 atom stereocenters. The van der Waals surface area contributed by atoms with Crippen molar-refractivity contribution >= 4 is 51.8 Å². The van der Waals surface area contributed by atoms with Gasteiger partial charge in [0.15, 0.2) is 0 Å². The Balaban J connectivity index is 0.00000343. The van der Waals surface area contributed by atoms with Crippen LogP contribution in [-0.2, 0) is 21.6 Å². The molecule has 1 N–H and O–H groups in total. The van der Waals surface area contributed by atoms with E-state index in [1.54, 1.807) is 36.4 Å². The van der Waals surface area contributed by atoms with Crippen LogP contribution in [-0.4, -0.2) is 46.0 Å². The number of hydrogen-bond acceptors (Lipinski definition) is 5. The van der Waals surface area contributed by atoms with Gasteiger partial charge in [0.25, 0.3) is 0 Å². The zero-order valence-electron chi connectivity index (χ0n) is 23.9. The first kappa shape index (κ1) is 30.6. The minimum absolute atomic E-state index is 0. The lowest BCUT2D eigenvalue weighted by atomic mass is 9.70. The summed E-state index contributed by atoms with van der Waals surface area (Å²) in [6, 6.07) is 15.8. The molecule has 1 amide bonds. The molecule has 0 unspecified atom stereocenters. The van der Waals surface area contributed by atoms with Gasteiger partial charge >= 0.3 is 5.97 Å². The SMILES string of the molecule is C.CCCCCN1[C@H]2CCn3c(nc4cc(C(=O)OC)ccc43)[C@H]2[C@H](c2cccc(Cl)c2F)[C@]12C(=O)Nc1cc(Cl)ccc12. The number of nitrogens with zero attached hydrogens (tertiary/aromatic N) is 3. The number of aryl methyl sites for hydroxylation is 1. The molecule has 44 heavy (non-hydrogen) atoms. The number of unbranched alkanes of at least 4 members (excludes halogenated alkanes) is 2. The van der Waals surface area contributed by atoms with E-state index in [0.717, 1.165) is 42.6 Å². The molecule has 3 aliphatic rings. The summed E-state index contributed by atoms with van der Waals surface area (Å²) < 4.78 is 23.3. The summed E-state index contributed by atoms with van der Waals surface area (Å²) in [5.74, 6) is -1.38. The number of hydrogen-bond donors (Lipinski definition) is 1. The van der Waals surface area contributed by atoms with E-state index in [2.05, 4.69) is 21.7 Å². The third kappa shape index (κ3) is 4.29. The van der Waals surface area contributed by atoms with E-state index in [1.165, 1.54) is 13.2 Å². The third-order valence-electron chi connectivity index (χ3n) is 9.53. The van der Waals surface area contributed by atoms with E-state index in [9.17, 15) is 9.59 Å².